The zero-order valence-electron chi connectivity index (χ0n) is 13.8. The molecule has 0 unspecified atom stereocenters. The Balaban J connectivity index is 3.87. The molecule has 0 bridgehead atoms. The van der Waals surface area contributed by atoms with E-state index < -0.39 is 73.8 Å². The molecule has 174 valence electrons. The Morgan fingerprint density at radius 2 is 1.17 bits per heavy atom. The summed E-state index contributed by atoms with van der Waals surface area (Å²) in [6.07, 6.45) is 0.324. The topological polar surface area (TPSA) is 123 Å². The molecule has 0 radical (unpaired) electrons. The van der Waals surface area contributed by atoms with E-state index in [2.05, 4.69) is 0 Å². The number of hydrogen-bond acceptors (Lipinski definition) is 6. The van der Waals surface area contributed by atoms with Gasteiger partial charge in [-0.25, -0.2) is 21.2 Å². The molecule has 0 amide bonds. The predicted molar refractivity (Wildman–Crippen MR) is 78.0 cm³/mol. The van der Waals surface area contributed by atoms with Crippen LogP contribution in [-0.4, -0.2) is 58.4 Å². The molecule has 0 aromatic heterocycles. The normalized spacial score (nSPS) is 15.3. The molecule has 30 heavy (non-hydrogen) atoms. The van der Waals surface area contributed by atoms with Crippen LogP contribution in [0, 0.1) is 5.82 Å². The van der Waals surface area contributed by atoms with E-state index in [1.54, 1.807) is 0 Å². The van der Waals surface area contributed by atoms with E-state index in [4.69, 9.17) is 4.55 Å². The fourth-order valence-corrected chi connectivity index (χ4v) is 4.28. The molecule has 1 aromatic carbocycles. The van der Waals surface area contributed by atoms with Crippen LogP contribution in [0.25, 0.3) is 0 Å². The molecule has 0 saturated carbocycles. The van der Waals surface area contributed by atoms with Crippen LogP contribution in [0.4, 0.5) is 39.5 Å². The summed E-state index contributed by atoms with van der Waals surface area (Å²) in [5.41, 5.74) is 0. The number of sulfone groups is 2. The molecule has 0 aliphatic heterocycles. The molecular formula is C11H7F9O7S3. The molecule has 7 nitrogen and oxygen atoms in total. The van der Waals surface area contributed by atoms with Gasteiger partial charge >= 0.3 is 32.5 Å². The monoisotopic (exact) mass is 518 g/mol. The number of hydrogen-bond donors (Lipinski definition) is 1. The van der Waals surface area contributed by atoms with Crippen molar-refractivity contribution < 1.29 is 69.3 Å². The van der Waals surface area contributed by atoms with Gasteiger partial charge in [-0.2, -0.15) is 43.5 Å². The van der Waals surface area contributed by atoms with Crippen LogP contribution in [0.2, 0.25) is 0 Å². The molecule has 1 aromatic rings. The highest BCUT2D eigenvalue weighted by Crippen LogP contribution is 2.56. The third-order valence-corrected chi connectivity index (χ3v) is 7.25. The smallest absolute Gasteiger partial charge is 0.281 e. The Kier molecular flexibility index (Phi) is 6.13. The van der Waals surface area contributed by atoms with E-state index in [0.717, 1.165) is 0 Å². The second-order valence-corrected chi connectivity index (χ2v) is 11.0. The van der Waals surface area contributed by atoms with Crippen LogP contribution in [0.3, 0.4) is 0 Å². The summed E-state index contributed by atoms with van der Waals surface area (Å²) in [5.74, 6) is -17.9. The van der Waals surface area contributed by atoms with Gasteiger partial charge in [0.25, 0.3) is 9.84 Å². The summed E-state index contributed by atoms with van der Waals surface area (Å²) in [7, 11) is -19.4. The van der Waals surface area contributed by atoms with Gasteiger partial charge in [0.15, 0.2) is 9.84 Å². The molecule has 0 heterocycles. The van der Waals surface area contributed by atoms with E-state index >= 15 is 0 Å². The highest BCUT2D eigenvalue weighted by molar-refractivity contribution is 7.93. The summed E-state index contributed by atoms with van der Waals surface area (Å²) in [6.45, 7) is 0. The van der Waals surface area contributed by atoms with E-state index in [-0.39, 0.29) is 12.1 Å². The third kappa shape index (κ3) is 3.64. The van der Waals surface area contributed by atoms with Crippen molar-refractivity contribution in [2.24, 2.45) is 0 Å². The molecule has 0 fully saturated rings. The Labute approximate surface area is 162 Å². The minimum Gasteiger partial charge on any atom is -0.281 e. The maximum atomic E-state index is 13.9. The quantitative estimate of drug-likeness (QED) is 0.334. The Morgan fingerprint density at radius 3 is 1.53 bits per heavy atom. The minimum atomic E-state index is -7.77. The zero-order valence-corrected chi connectivity index (χ0v) is 16.2. The van der Waals surface area contributed by atoms with E-state index in [1.807, 2.05) is 0 Å². The first-order valence-electron chi connectivity index (χ1n) is 6.60. The number of halogens is 9. The van der Waals surface area contributed by atoms with Crippen LogP contribution >= 0.6 is 0 Å². The van der Waals surface area contributed by atoms with Crippen molar-refractivity contribution in [2.45, 2.75) is 32.1 Å². The lowest BCUT2D eigenvalue weighted by atomic mass is 10.2. The average molecular weight is 518 g/mol. The summed E-state index contributed by atoms with van der Waals surface area (Å²) in [5, 5.41) is -14.7. The van der Waals surface area contributed by atoms with Gasteiger partial charge in [-0.3, -0.25) is 4.55 Å². The number of benzene rings is 1. The van der Waals surface area contributed by atoms with E-state index in [9.17, 15) is 64.8 Å². The Bertz CT molecular complexity index is 1170. The van der Waals surface area contributed by atoms with Gasteiger partial charge in [-0.1, -0.05) is 0 Å². The second-order valence-electron chi connectivity index (χ2n) is 5.53. The lowest BCUT2D eigenvalue weighted by Gasteiger charge is -2.34. The van der Waals surface area contributed by atoms with E-state index in [0.29, 0.717) is 6.26 Å². The summed E-state index contributed by atoms with van der Waals surface area (Å²) < 4.78 is 197. The Morgan fingerprint density at radius 1 is 0.767 bits per heavy atom. The lowest BCUT2D eigenvalue weighted by molar-refractivity contribution is -0.326. The highest BCUT2D eigenvalue weighted by atomic mass is 32.2. The van der Waals surface area contributed by atoms with Crippen LogP contribution in [0.15, 0.2) is 28.0 Å². The van der Waals surface area contributed by atoms with Gasteiger partial charge in [0, 0.05) is 6.26 Å². The number of alkyl halides is 8. The van der Waals surface area contributed by atoms with Crippen molar-refractivity contribution in [3.05, 3.63) is 24.0 Å². The standard InChI is InChI=1S/C11H7F9O7S3/c1-28(21,22)5-2-3-6(12)7(4-5)29(23,24)10(17,18)8(13,14)9(15,16)11(19,20)30(25,26)27/h2-4H,1H3,(H,25,26,27). The maximum absolute atomic E-state index is 13.9. The molecule has 0 aliphatic rings. The van der Waals surface area contributed by atoms with Gasteiger partial charge in [-0.15, -0.1) is 0 Å². The first-order chi connectivity index (χ1) is 12.9. The molecule has 1 N–H and O–H groups in total. The molecule has 0 saturated heterocycles. The van der Waals surface area contributed by atoms with Crippen LogP contribution < -0.4 is 0 Å². The van der Waals surface area contributed by atoms with Gasteiger partial charge in [0.05, 0.1) is 4.90 Å². The summed E-state index contributed by atoms with van der Waals surface area (Å²) >= 11 is 0. The summed E-state index contributed by atoms with van der Waals surface area (Å²) in [4.78, 5) is -3.86. The van der Waals surface area contributed by atoms with Crippen molar-refractivity contribution in [3.8, 4) is 0 Å². The van der Waals surface area contributed by atoms with Crippen molar-refractivity contribution in [3.63, 3.8) is 0 Å². The van der Waals surface area contributed by atoms with Crippen LogP contribution in [0.5, 0.6) is 0 Å². The highest BCUT2D eigenvalue weighted by Gasteiger charge is 2.87. The maximum Gasteiger partial charge on any atom is 0.438 e. The fourth-order valence-electron chi connectivity index (χ4n) is 1.75. The van der Waals surface area contributed by atoms with Gasteiger partial charge in [-0.05, 0) is 18.2 Å². The molecule has 1 rings (SSSR count). The van der Waals surface area contributed by atoms with Crippen molar-refractivity contribution in [2.75, 3.05) is 6.26 Å². The van der Waals surface area contributed by atoms with E-state index in [1.165, 1.54) is 0 Å². The zero-order chi connectivity index (χ0) is 24.4. The Hall–Kier alpha value is -1.60. The first-order valence-corrected chi connectivity index (χ1v) is 11.4. The minimum absolute atomic E-state index is 0.136. The molecule has 0 atom stereocenters. The molecule has 0 spiro atoms. The largest absolute Gasteiger partial charge is 0.438 e. The third-order valence-electron chi connectivity index (χ3n) is 3.41. The summed E-state index contributed by atoms with van der Waals surface area (Å²) in [6, 6.07) is -0.327. The van der Waals surface area contributed by atoms with Crippen LogP contribution in [-0.2, 0) is 29.8 Å². The SMILES string of the molecule is CS(=O)(=O)c1ccc(F)c(S(=O)(=O)C(F)(F)C(F)(F)C(F)(F)C(F)(F)S(=O)(=O)O)c1. The lowest BCUT2D eigenvalue weighted by Crippen LogP contribution is -2.66. The van der Waals surface area contributed by atoms with Crippen molar-refractivity contribution in [1.29, 1.82) is 0 Å². The van der Waals surface area contributed by atoms with Crippen molar-refractivity contribution in [1.82, 2.24) is 0 Å². The predicted octanol–water partition coefficient (Wildman–Crippen LogP) is 2.35. The average Bonchev–Trinajstić information content (AvgIpc) is 2.52. The first kappa shape index (κ1) is 26.4. The molecular weight excluding hydrogens is 511 g/mol. The number of rotatable bonds is 7. The van der Waals surface area contributed by atoms with Gasteiger partial charge < -0.3 is 0 Å². The van der Waals surface area contributed by atoms with Gasteiger partial charge in [0.1, 0.15) is 10.7 Å². The van der Waals surface area contributed by atoms with Gasteiger partial charge in [0.2, 0.25) is 0 Å². The van der Waals surface area contributed by atoms with Crippen molar-refractivity contribution >= 4 is 29.8 Å². The fraction of sp³-hybridized carbons (Fsp3) is 0.455. The second kappa shape index (κ2) is 6.95. The molecule has 0 aliphatic carbocycles. The molecule has 19 heteroatoms. The van der Waals surface area contributed by atoms with Crippen LogP contribution in [0.1, 0.15) is 0 Å².